The quantitative estimate of drug-likeness (QED) is 0.878. The molecule has 1 aromatic heterocycles. The van der Waals surface area contributed by atoms with E-state index in [1.165, 1.54) is 12.4 Å². The van der Waals surface area contributed by atoms with Crippen LogP contribution < -0.4 is 5.32 Å². The van der Waals surface area contributed by atoms with Gasteiger partial charge in [0.05, 0.1) is 6.20 Å². The standard InChI is InChI=1S/C11H8F3N3O/c12-7-1-8(13)10(9(14)2-7)11(18)15-3-6-4-16-17-5-6/h1-2,4-5H,3H2,(H,15,18)(H,16,17). The van der Waals surface area contributed by atoms with Crippen molar-refractivity contribution in [2.24, 2.45) is 0 Å². The summed E-state index contributed by atoms with van der Waals surface area (Å²) < 4.78 is 39.2. The van der Waals surface area contributed by atoms with Crippen molar-refractivity contribution in [3.05, 3.63) is 53.1 Å². The van der Waals surface area contributed by atoms with Gasteiger partial charge >= 0.3 is 0 Å². The lowest BCUT2D eigenvalue weighted by molar-refractivity contribution is 0.0942. The van der Waals surface area contributed by atoms with Crippen LogP contribution in [0.1, 0.15) is 15.9 Å². The zero-order valence-corrected chi connectivity index (χ0v) is 9.01. The maximum absolute atomic E-state index is 13.3. The van der Waals surface area contributed by atoms with Crippen molar-refractivity contribution in [2.45, 2.75) is 6.54 Å². The van der Waals surface area contributed by atoms with Crippen LogP contribution >= 0.6 is 0 Å². The summed E-state index contributed by atoms with van der Waals surface area (Å²) in [6.07, 6.45) is 2.98. The van der Waals surface area contributed by atoms with E-state index < -0.39 is 28.9 Å². The Labute approximate surface area is 99.8 Å². The van der Waals surface area contributed by atoms with Crippen LogP contribution in [0.4, 0.5) is 13.2 Å². The number of nitrogens with zero attached hydrogens (tertiary/aromatic N) is 1. The van der Waals surface area contributed by atoms with E-state index >= 15 is 0 Å². The van der Waals surface area contributed by atoms with Crippen molar-refractivity contribution in [3.63, 3.8) is 0 Å². The van der Waals surface area contributed by atoms with Gasteiger partial charge in [0, 0.05) is 30.4 Å². The van der Waals surface area contributed by atoms with Gasteiger partial charge in [-0.25, -0.2) is 13.2 Å². The molecule has 0 aliphatic rings. The number of H-pyrrole nitrogens is 1. The van der Waals surface area contributed by atoms with Gasteiger partial charge in [0.2, 0.25) is 0 Å². The second-order valence-corrected chi connectivity index (χ2v) is 3.53. The van der Waals surface area contributed by atoms with Crippen LogP contribution in [0.25, 0.3) is 0 Å². The number of halogens is 3. The van der Waals surface area contributed by atoms with Crippen LogP contribution in [-0.2, 0) is 6.54 Å². The molecule has 0 radical (unpaired) electrons. The lowest BCUT2D eigenvalue weighted by Crippen LogP contribution is -2.25. The maximum atomic E-state index is 13.3. The molecular weight excluding hydrogens is 247 g/mol. The minimum Gasteiger partial charge on any atom is -0.348 e. The lowest BCUT2D eigenvalue weighted by Gasteiger charge is -2.06. The first kappa shape index (κ1) is 12.2. The van der Waals surface area contributed by atoms with Crippen molar-refractivity contribution in [1.29, 1.82) is 0 Å². The molecule has 0 spiro atoms. The van der Waals surface area contributed by atoms with E-state index in [0.29, 0.717) is 17.7 Å². The molecule has 0 unspecified atom stereocenters. The first-order valence-electron chi connectivity index (χ1n) is 4.98. The third-order valence-electron chi connectivity index (χ3n) is 2.24. The normalized spacial score (nSPS) is 10.4. The molecule has 4 nitrogen and oxygen atoms in total. The molecule has 1 amide bonds. The number of nitrogens with one attached hydrogen (secondary N) is 2. The Balaban J connectivity index is 2.14. The fraction of sp³-hybridized carbons (Fsp3) is 0.0909. The number of amides is 1. The molecule has 1 heterocycles. The summed E-state index contributed by atoms with van der Waals surface area (Å²) in [5.41, 5.74) is -0.161. The highest BCUT2D eigenvalue weighted by molar-refractivity contribution is 5.94. The molecule has 94 valence electrons. The van der Waals surface area contributed by atoms with Crippen LogP contribution in [0.5, 0.6) is 0 Å². The molecule has 0 saturated carbocycles. The molecule has 2 aromatic rings. The Hall–Kier alpha value is -2.31. The van der Waals surface area contributed by atoms with Gasteiger partial charge in [-0.2, -0.15) is 5.10 Å². The van der Waals surface area contributed by atoms with E-state index in [2.05, 4.69) is 15.5 Å². The molecule has 0 saturated heterocycles. The van der Waals surface area contributed by atoms with Gasteiger partial charge in [0.15, 0.2) is 0 Å². The number of carbonyl (C=O) groups is 1. The Kier molecular flexibility index (Phi) is 3.31. The largest absolute Gasteiger partial charge is 0.348 e. The molecule has 0 aliphatic heterocycles. The lowest BCUT2D eigenvalue weighted by atomic mass is 10.1. The average Bonchev–Trinajstić information content (AvgIpc) is 2.77. The molecule has 2 N–H and O–H groups in total. The zero-order chi connectivity index (χ0) is 13.1. The molecule has 1 aromatic carbocycles. The molecule has 0 aliphatic carbocycles. The Morgan fingerprint density at radius 1 is 1.28 bits per heavy atom. The van der Waals surface area contributed by atoms with Crippen LogP contribution in [0.3, 0.4) is 0 Å². The number of benzene rings is 1. The Bertz CT molecular complexity index is 546. The highest BCUT2D eigenvalue weighted by Gasteiger charge is 2.18. The summed E-state index contributed by atoms with van der Waals surface area (Å²) in [7, 11) is 0. The summed E-state index contributed by atoms with van der Waals surface area (Å²) in [6, 6.07) is 0.908. The zero-order valence-electron chi connectivity index (χ0n) is 9.01. The molecule has 18 heavy (non-hydrogen) atoms. The Morgan fingerprint density at radius 2 is 1.94 bits per heavy atom. The van der Waals surface area contributed by atoms with Crippen LogP contribution in [0.15, 0.2) is 24.5 Å². The number of hydrogen-bond acceptors (Lipinski definition) is 2. The molecule has 2 rings (SSSR count). The second-order valence-electron chi connectivity index (χ2n) is 3.53. The van der Waals surface area contributed by atoms with E-state index in [0.717, 1.165) is 0 Å². The third kappa shape index (κ3) is 2.50. The van der Waals surface area contributed by atoms with Gasteiger partial charge in [-0.3, -0.25) is 9.89 Å². The fourth-order valence-electron chi connectivity index (χ4n) is 1.40. The summed E-state index contributed by atoms with van der Waals surface area (Å²) in [6.45, 7) is 0.0611. The van der Waals surface area contributed by atoms with Gasteiger partial charge in [-0.05, 0) is 0 Å². The van der Waals surface area contributed by atoms with Gasteiger partial charge in [0.1, 0.15) is 23.0 Å². The van der Waals surface area contributed by atoms with Crippen LogP contribution in [0, 0.1) is 17.5 Å². The minimum atomic E-state index is -1.24. The summed E-state index contributed by atoms with van der Waals surface area (Å²) in [5, 5.41) is 8.47. The van der Waals surface area contributed by atoms with E-state index in [-0.39, 0.29) is 6.54 Å². The second kappa shape index (κ2) is 4.91. The Morgan fingerprint density at radius 3 is 2.50 bits per heavy atom. The summed E-state index contributed by atoms with van der Waals surface area (Å²) in [4.78, 5) is 11.5. The maximum Gasteiger partial charge on any atom is 0.257 e. The topological polar surface area (TPSA) is 57.8 Å². The molecule has 0 fully saturated rings. The van der Waals surface area contributed by atoms with Gasteiger partial charge in [-0.1, -0.05) is 0 Å². The third-order valence-corrected chi connectivity index (χ3v) is 2.24. The highest BCUT2D eigenvalue weighted by atomic mass is 19.1. The average molecular weight is 255 g/mol. The van der Waals surface area contributed by atoms with Gasteiger partial charge < -0.3 is 5.32 Å². The van der Waals surface area contributed by atoms with Crippen molar-refractivity contribution in [1.82, 2.24) is 15.5 Å². The predicted molar refractivity (Wildman–Crippen MR) is 56.1 cm³/mol. The smallest absolute Gasteiger partial charge is 0.257 e. The van der Waals surface area contributed by atoms with Crippen molar-refractivity contribution in [2.75, 3.05) is 0 Å². The monoisotopic (exact) mass is 255 g/mol. The van der Waals surface area contributed by atoms with E-state index in [4.69, 9.17) is 0 Å². The van der Waals surface area contributed by atoms with Crippen LogP contribution in [-0.4, -0.2) is 16.1 Å². The van der Waals surface area contributed by atoms with Crippen molar-refractivity contribution < 1.29 is 18.0 Å². The highest BCUT2D eigenvalue weighted by Crippen LogP contribution is 2.14. The van der Waals surface area contributed by atoms with Gasteiger partial charge in [-0.15, -0.1) is 0 Å². The van der Waals surface area contributed by atoms with Crippen molar-refractivity contribution in [3.8, 4) is 0 Å². The van der Waals surface area contributed by atoms with Gasteiger partial charge in [0.25, 0.3) is 5.91 Å². The number of carbonyl (C=O) groups excluding carboxylic acids is 1. The molecule has 0 bridgehead atoms. The molecular formula is C11H8F3N3O. The minimum absolute atomic E-state index is 0.0611. The van der Waals surface area contributed by atoms with E-state index in [9.17, 15) is 18.0 Å². The molecule has 7 heteroatoms. The first-order valence-corrected chi connectivity index (χ1v) is 4.98. The SMILES string of the molecule is O=C(NCc1cn[nH]c1)c1c(F)cc(F)cc1F. The number of rotatable bonds is 3. The van der Waals surface area contributed by atoms with E-state index in [1.54, 1.807) is 0 Å². The van der Waals surface area contributed by atoms with Crippen molar-refractivity contribution >= 4 is 5.91 Å². The summed E-state index contributed by atoms with van der Waals surface area (Å²) >= 11 is 0. The summed E-state index contributed by atoms with van der Waals surface area (Å²) in [5.74, 6) is -4.50. The molecule has 0 atom stereocenters. The predicted octanol–water partition coefficient (Wildman–Crippen LogP) is 1.76. The number of aromatic nitrogens is 2. The number of aromatic amines is 1. The van der Waals surface area contributed by atoms with E-state index in [1.807, 2.05) is 0 Å². The first-order chi connectivity index (χ1) is 8.58. The fourth-order valence-corrected chi connectivity index (χ4v) is 1.40. The number of hydrogen-bond donors (Lipinski definition) is 2. The van der Waals surface area contributed by atoms with Crippen LogP contribution in [0.2, 0.25) is 0 Å².